The summed E-state index contributed by atoms with van der Waals surface area (Å²) in [5, 5.41) is 5.52. The van der Waals surface area contributed by atoms with Gasteiger partial charge in [0.25, 0.3) is 0 Å². The first-order chi connectivity index (χ1) is 15.5. The third-order valence-electron chi connectivity index (χ3n) is 6.75. The summed E-state index contributed by atoms with van der Waals surface area (Å²) in [4.78, 5) is 0. The van der Waals surface area contributed by atoms with E-state index in [1.165, 1.54) is 33.3 Å². The van der Waals surface area contributed by atoms with Crippen molar-refractivity contribution in [2.24, 2.45) is 10.8 Å². The summed E-state index contributed by atoms with van der Waals surface area (Å²) < 4.78 is 4.25. The van der Waals surface area contributed by atoms with Crippen molar-refractivity contribution >= 4 is 18.0 Å². The molecule has 0 aromatic heterocycles. The molecule has 0 spiro atoms. The zero-order valence-electron chi connectivity index (χ0n) is 25.2. The van der Waals surface area contributed by atoms with E-state index in [0.717, 1.165) is 6.42 Å². The Labute approximate surface area is 213 Å². The molecule has 34 heavy (non-hydrogen) atoms. The minimum absolute atomic E-state index is 0.181. The Morgan fingerprint density at radius 3 is 1.71 bits per heavy atom. The molecular formula is C31H56NOP. The van der Waals surface area contributed by atoms with Crippen molar-refractivity contribution < 1.29 is 4.74 Å². The Bertz CT molecular complexity index is 868. The number of para-hydroxylation sites is 1. The average molecular weight is 490 g/mol. The minimum atomic E-state index is -1.52. The summed E-state index contributed by atoms with van der Waals surface area (Å²) in [6.45, 7) is 34.2. The molecule has 1 aromatic carbocycles. The second-order valence-electron chi connectivity index (χ2n) is 11.7. The van der Waals surface area contributed by atoms with Crippen molar-refractivity contribution in [3.05, 3.63) is 53.1 Å². The minimum Gasteiger partial charge on any atom is -0.388 e. The quantitative estimate of drug-likeness (QED) is 0.415. The molecule has 0 bridgehead atoms. The van der Waals surface area contributed by atoms with Gasteiger partial charge >= 0.3 is 0 Å². The molecule has 0 atom stereocenters. The van der Waals surface area contributed by atoms with E-state index in [9.17, 15) is 0 Å². The summed E-state index contributed by atoms with van der Waals surface area (Å²) in [6, 6.07) is 6.79. The molecule has 1 aliphatic rings. The number of hydrogen-bond acceptors (Lipinski definition) is 2. The highest BCUT2D eigenvalue weighted by molar-refractivity contribution is 7.76. The van der Waals surface area contributed by atoms with Gasteiger partial charge in [-0.25, -0.2) is 0 Å². The van der Waals surface area contributed by atoms with Crippen LogP contribution in [0.15, 0.2) is 42.0 Å². The van der Waals surface area contributed by atoms with Gasteiger partial charge in [0.1, 0.15) is 0 Å². The molecule has 1 aromatic rings. The molecule has 0 aliphatic heterocycles. The highest BCUT2D eigenvalue weighted by atomic mass is 31.2. The van der Waals surface area contributed by atoms with Crippen molar-refractivity contribution in [2.75, 3.05) is 32.6 Å². The Hall–Kier alpha value is -1.24. The first-order valence-electron chi connectivity index (χ1n) is 12.9. The zero-order valence-corrected chi connectivity index (χ0v) is 26.1. The van der Waals surface area contributed by atoms with Crippen LogP contribution in [0.1, 0.15) is 106 Å². The maximum absolute atomic E-state index is 4.49. The molecule has 196 valence electrons. The van der Waals surface area contributed by atoms with Crippen LogP contribution in [0.3, 0.4) is 0 Å². The number of benzene rings is 1. The zero-order chi connectivity index (χ0) is 27.1. The van der Waals surface area contributed by atoms with Crippen LogP contribution >= 0.6 is 7.04 Å². The maximum Gasteiger partial charge on any atom is 0.0442 e. The predicted octanol–water partition coefficient (Wildman–Crippen LogP) is 9.96. The van der Waals surface area contributed by atoms with E-state index in [1.807, 2.05) is 13.8 Å². The lowest BCUT2D eigenvalue weighted by atomic mass is 9.83. The highest BCUT2D eigenvalue weighted by Crippen LogP contribution is 2.56. The third kappa shape index (κ3) is 8.17. The number of ether oxygens (including phenoxy) is 1. The fraction of sp³-hybridized carbons (Fsp3) is 0.645. The third-order valence-corrected chi connectivity index (χ3v) is 9.43. The van der Waals surface area contributed by atoms with Crippen molar-refractivity contribution in [3.63, 3.8) is 0 Å². The lowest BCUT2D eigenvalue weighted by Crippen LogP contribution is -2.12. The van der Waals surface area contributed by atoms with Crippen molar-refractivity contribution in [1.82, 2.24) is 0 Å². The molecule has 0 radical (unpaired) electrons. The summed E-state index contributed by atoms with van der Waals surface area (Å²) >= 11 is 0. The number of rotatable bonds is 5. The lowest BCUT2D eigenvalue weighted by molar-refractivity contribution is 0.277. The van der Waals surface area contributed by atoms with E-state index in [0.29, 0.717) is 11.8 Å². The Morgan fingerprint density at radius 2 is 1.38 bits per heavy atom. The molecule has 1 aliphatic carbocycles. The van der Waals surface area contributed by atoms with E-state index in [4.69, 9.17) is 0 Å². The van der Waals surface area contributed by atoms with E-state index in [1.54, 1.807) is 14.2 Å². The van der Waals surface area contributed by atoms with E-state index < -0.39 is 7.04 Å². The van der Waals surface area contributed by atoms with Crippen LogP contribution in [0.25, 0.3) is 0 Å². The molecule has 1 saturated carbocycles. The Kier molecular flexibility index (Phi) is 12.7. The predicted molar refractivity (Wildman–Crippen MR) is 161 cm³/mol. The molecule has 0 saturated heterocycles. The molecule has 0 amide bonds. The van der Waals surface area contributed by atoms with Gasteiger partial charge in [0, 0.05) is 19.9 Å². The van der Waals surface area contributed by atoms with Crippen LogP contribution in [-0.4, -0.2) is 32.8 Å². The SMILES string of the molecule is C=C1/C(=C\C(C)=P(C)(C)Nc2c(C(C)C)cccc2C(C)C)C(C)(C)CC1(C)C.CC.COC. The van der Waals surface area contributed by atoms with E-state index >= 15 is 0 Å². The Balaban J connectivity index is 0.00000201. The number of hydrogen-bond donors (Lipinski definition) is 1. The van der Waals surface area contributed by atoms with Crippen LogP contribution in [-0.2, 0) is 4.74 Å². The molecular weight excluding hydrogens is 433 g/mol. The average Bonchev–Trinajstić information content (AvgIpc) is 2.87. The molecule has 1 fully saturated rings. The van der Waals surface area contributed by atoms with Crippen LogP contribution in [0.2, 0.25) is 0 Å². The fourth-order valence-corrected chi connectivity index (χ4v) is 6.23. The highest BCUT2D eigenvalue weighted by Gasteiger charge is 2.43. The molecule has 2 rings (SSSR count). The van der Waals surface area contributed by atoms with Gasteiger partial charge < -0.3 is 9.82 Å². The number of allylic oxidation sites excluding steroid dienone is 3. The van der Waals surface area contributed by atoms with E-state index in [-0.39, 0.29) is 10.8 Å². The standard InChI is InChI=1S/C27H44NP.C2H6O.C2H6/c1-18(2)22-14-13-15-23(19(3)4)25(22)28-29(11,12)20(5)16-24-21(6)26(7,8)17-27(24,9)10;1-3-2;1-2/h13-16,18-19,28H,6,17H2,1-5,7-12H3;1-2H3;1-2H3/b24-16+;;. The molecule has 0 heterocycles. The van der Waals surface area contributed by atoms with Gasteiger partial charge in [0.05, 0.1) is 0 Å². The largest absolute Gasteiger partial charge is 0.388 e. The van der Waals surface area contributed by atoms with Gasteiger partial charge in [-0.1, -0.05) is 100 Å². The summed E-state index contributed by atoms with van der Waals surface area (Å²) in [7, 11) is 1.73. The van der Waals surface area contributed by atoms with Crippen LogP contribution < -0.4 is 5.09 Å². The maximum atomic E-state index is 4.49. The van der Waals surface area contributed by atoms with Crippen molar-refractivity contribution in [1.29, 1.82) is 0 Å². The van der Waals surface area contributed by atoms with Gasteiger partial charge in [-0.3, -0.25) is 0 Å². The van der Waals surface area contributed by atoms with Gasteiger partial charge in [0.15, 0.2) is 0 Å². The molecule has 1 N–H and O–H groups in total. The monoisotopic (exact) mass is 489 g/mol. The van der Waals surface area contributed by atoms with Crippen molar-refractivity contribution in [3.8, 4) is 0 Å². The van der Waals surface area contributed by atoms with Crippen LogP contribution in [0.4, 0.5) is 5.69 Å². The van der Waals surface area contributed by atoms with Gasteiger partial charge in [-0.2, -0.15) is 0 Å². The molecule has 0 unspecified atom stereocenters. The first kappa shape index (κ1) is 32.8. The van der Waals surface area contributed by atoms with Gasteiger partial charge in [-0.15, -0.1) is 0 Å². The topological polar surface area (TPSA) is 21.3 Å². The summed E-state index contributed by atoms with van der Waals surface area (Å²) in [6.07, 6.45) is 3.63. The van der Waals surface area contributed by atoms with Crippen LogP contribution in [0, 0.1) is 10.8 Å². The van der Waals surface area contributed by atoms with Gasteiger partial charge in [0.2, 0.25) is 0 Å². The lowest BCUT2D eigenvalue weighted by Gasteiger charge is -2.29. The smallest absolute Gasteiger partial charge is 0.0442 e. The molecule has 2 nitrogen and oxygen atoms in total. The fourth-order valence-electron chi connectivity index (χ4n) is 4.78. The number of anilines is 1. The first-order valence-corrected chi connectivity index (χ1v) is 15.6. The van der Waals surface area contributed by atoms with Gasteiger partial charge in [-0.05, 0) is 83.9 Å². The van der Waals surface area contributed by atoms with Crippen LogP contribution in [0.5, 0.6) is 0 Å². The molecule has 3 heteroatoms. The van der Waals surface area contributed by atoms with Crippen molar-refractivity contribution in [2.45, 2.75) is 94.4 Å². The number of nitrogens with one attached hydrogen (secondary N) is 1. The second kappa shape index (κ2) is 13.2. The summed E-state index contributed by atoms with van der Waals surface area (Å²) in [5.74, 6) is 1.01. The Morgan fingerprint density at radius 1 is 0.971 bits per heavy atom. The summed E-state index contributed by atoms with van der Waals surface area (Å²) in [5.41, 5.74) is 7.33. The normalized spacial score (nSPS) is 17.8. The second-order valence-corrected chi connectivity index (χ2v) is 15.6. The van der Waals surface area contributed by atoms with E-state index in [2.05, 4.69) is 116 Å². The number of methoxy groups -OCH3 is 1.